The lowest BCUT2D eigenvalue weighted by Gasteiger charge is -2.22. The minimum atomic E-state index is 0.533. The Morgan fingerprint density at radius 1 is 1.35 bits per heavy atom. The summed E-state index contributed by atoms with van der Waals surface area (Å²) in [6.07, 6.45) is 10.0. The highest BCUT2D eigenvalue weighted by Crippen LogP contribution is 2.33. The highest BCUT2D eigenvalue weighted by atomic mass is 14.9. The van der Waals surface area contributed by atoms with E-state index in [9.17, 15) is 0 Å². The Hall–Kier alpha value is -0.960. The smallest absolute Gasteiger partial charge is 0.115 e. The number of hydrogen-bond donors (Lipinski definition) is 1. The van der Waals surface area contributed by atoms with Crippen LogP contribution in [-0.4, -0.2) is 16.0 Å². The Labute approximate surface area is 104 Å². The molecule has 1 atom stereocenters. The van der Waals surface area contributed by atoms with Crippen molar-refractivity contribution in [1.82, 2.24) is 15.3 Å². The van der Waals surface area contributed by atoms with E-state index in [2.05, 4.69) is 29.1 Å². The van der Waals surface area contributed by atoms with Crippen LogP contribution >= 0.6 is 0 Å². The van der Waals surface area contributed by atoms with E-state index in [1.165, 1.54) is 32.1 Å². The van der Waals surface area contributed by atoms with Gasteiger partial charge in [0.25, 0.3) is 0 Å². The molecule has 94 valence electrons. The Morgan fingerprint density at radius 3 is 3.00 bits per heavy atom. The number of nitrogens with one attached hydrogen (secondary N) is 1. The van der Waals surface area contributed by atoms with Gasteiger partial charge >= 0.3 is 0 Å². The summed E-state index contributed by atoms with van der Waals surface area (Å²) >= 11 is 0. The normalized spacial score (nSPS) is 24.2. The Balaban J connectivity index is 1.80. The Morgan fingerprint density at radius 2 is 2.24 bits per heavy atom. The second-order valence-corrected chi connectivity index (χ2v) is 5.87. The predicted octanol–water partition coefficient (Wildman–Crippen LogP) is 2.93. The summed E-state index contributed by atoms with van der Waals surface area (Å²) in [7, 11) is 0. The maximum atomic E-state index is 4.24. The minimum absolute atomic E-state index is 0.533. The van der Waals surface area contributed by atoms with Crippen LogP contribution in [-0.2, 0) is 6.54 Å². The van der Waals surface area contributed by atoms with Crippen molar-refractivity contribution in [1.29, 1.82) is 0 Å². The number of rotatable bonds is 3. The Bertz CT molecular complexity index is 335. The van der Waals surface area contributed by atoms with E-state index >= 15 is 0 Å². The molecular formula is C14H23N3. The predicted molar refractivity (Wildman–Crippen MR) is 69.5 cm³/mol. The molecular weight excluding hydrogens is 210 g/mol. The molecule has 1 saturated carbocycles. The molecule has 0 bridgehead atoms. The van der Waals surface area contributed by atoms with Crippen molar-refractivity contribution in [2.45, 2.75) is 58.5 Å². The van der Waals surface area contributed by atoms with Crippen LogP contribution in [0.15, 0.2) is 18.6 Å². The molecule has 0 aliphatic heterocycles. The molecule has 3 heteroatoms. The topological polar surface area (TPSA) is 37.8 Å². The summed E-state index contributed by atoms with van der Waals surface area (Å²) in [6.45, 7) is 5.65. The first-order valence-corrected chi connectivity index (χ1v) is 6.64. The summed E-state index contributed by atoms with van der Waals surface area (Å²) < 4.78 is 0. The zero-order valence-corrected chi connectivity index (χ0v) is 10.9. The molecule has 2 rings (SSSR count). The average molecular weight is 233 g/mol. The summed E-state index contributed by atoms with van der Waals surface area (Å²) in [6, 6.07) is 2.64. The van der Waals surface area contributed by atoms with Crippen LogP contribution in [0, 0.1) is 5.41 Å². The molecule has 1 aromatic heterocycles. The third-order valence-electron chi connectivity index (χ3n) is 3.79. The first-order valence-electron chi connectivity index (χ1n) is 6.64. The molecule has 1 N–H and O–H groups in total. The fourth-order valence-corrected chi connectivity index (χ4v) is 2.54. The zero-order valence-electron chi connectivity index (χ0n) is 10.9. The van der Waals surface area contributed by atoms with Gasteiger partial charge in [-0.3, -0.25) is 0 Å². The van der Waals surface area contributed by atoms with Crippen molar-refractivity contribution in [3.63, 3.8) is 0 Å². The SMILES string of the molecule is CC1(C)CCCC(NCc2ccncn2)CC1. The van der Waals surface area contributed by atoms with Crippen molar-refractivity contribution >= 4 is 0 Å². The summed E-state index contributed by atoms with van der Waals surface area (Å²) in [5.74, 6) is 0. The molecule has 0 radical (unpaired) electrons. The van der Waals surface area contributed by atoms with Gasteiger partial charge in [0, 0.05) is 18.8 Å². The number of nitrogens with zero attached hydrogens (tertiary/aromatic N) is 2. The lowest BCUT2D eigenvalue weighted by molar-refractivity contribution is 0.309. The first-order chi connectivity index (χ1) is 8.16. The van der Waals surface area contributed by atoms with E-state index in [4.69, 9.17) is 0 Å². The van der Waals surface area contributed by atoms with Crippen LogP contribution in [0.25, 0.3) is 0 Å². The second-order valence-electron chi connectivity index (χ2n) is 5.87. The van der Waals surface area contributed by atoms with E-state index in [1.807, 2.05) is 6.07 Å². The van der Waals surface area contributed by atoms with Crippen molar-refractivity contribution in [2.75, 3.05) is 0 Å². The molecule has 1 heterocycles. The Kier molecular flexibility index (Phi) is 4.11. The van der Waals surface area contributed by atoms with Gasteiger partial charge < -0.3 is 5.32 Å². The van der Waals surface area contributed by atoms with Crippen LogP contribution < -0.4 is 5.32 Å². The molecule has 1 fully saturated rings. The van der Waals surface area contributed by atoms with Crippen LogP contribution in [0.4, 0.5) is 0 Å². The van der Waals surface area contributed by atoms with Gasteiger partial charge in [0.1, 0.15) is 6.33 Å². The van der Waals surface area contributed by atoms with Gasteiger partial charge in [0.05, 0.1) is 5.69 Å². The van der Waals surface area contributed by atoms with Gasteiger partial charge in [0.15, 0.2) is 0 Å². The number of aromatic nitrogens is 2. The molecule has 0 aromatic carbocycles. The lowest BCUT2D eigenvalue weighted by Crippen LogP contribution is -2.28. The molecule has 17 heavy (non-hydrogen) atoms. The zero-order chi connectivity index (χ0) is 12.1. The molecule has 0 amide bonds. The third kappa shape index (κ3) is 4.08. The molecule has 1 aliphatic carbocycles. The largest absolute Gasteiger partial charge is 0.308 e. The van der Waals surface area contributed by atoms with Crippen molar-refractivity contribution in [3.05, 3.63) is 24.3 Å². The molecule has 1 aliphatic rings. The van der Waals surface area contributed by atoms with Gasteiger partial charge in [-0.25, -0.2) is 9.97 Å². The maximum absolute atomic E-state index is 4.24. The molecule has 1 aromatic rings. The van der Waals surface area contributed by atoms with Crippen molar-refractivity contribution in [3.8, 4) is 0 Å². The first kappa shape index (κ1) is 12.5. The van der Waals surface area contributed by atoms with Crippen molar-refractivity contribution < 1.29 is 0 Å². The van der Waals surface area contributed by atoms with E-state index in [-0.39, 0.29) is 0 Å². The quantitative estimate of drug-likeness (QED) is 0.816. The van der Waals surface area contributed by atoms with Gasteiger partial charge in [-0.1, -0.05) is 20.3 Å². The van der Waals surface area contributed by atoms with Crippen LogP contribution in [0.5, 0.6) is 0 Å². The van der Waals surface area contributed by atoms with Crippen LogP contribution in [0.2, 0.25) is 0 Å². The summed E-state index contributed by atoms with van der Waals surface area (Å²) in [4.78, 5) is 8.18. The summed E-state index contributed by atoms with van der Waals surface area (Å²) in [5, 5.41) is 3.63. The van der Waals surface area contributed by atoms with Gasteiger partial charge in [0.2, 0.25) is 0 Å². The highest BCUT2D eigenvalue weighted by Gasteiger charge is 2.23. The van der Waals surface area contributed by atoms with Gasteiger partial charge in [-0.2, -0.15) is 0 Å². The van der Waals surface area contributed by atoms with Crippen LogP contribution in [0.1, 0.15) is 51.6 Å². The lowest BCUT2D eigenvalue weighted by atomic mass is 9.85. The molecule has 0 spiro atoms. The van der Waals surface area contributed by atoms with E-state index in [0.29, 0.717) is 11.5 Å². The van der Waals surface area contributed by atoms with Gasteiger partial charge in [-0.05, 0) is 37.2 Å². The molecule has 3 nitrogen and oxygen atoms in total. The standard InChI is InChI=1S/C14H23N3/c1-14(2)7-3-4-12(5-8-14)16-10-13-6-9-15-11-17-13/h6,9,11-12,16H,3-5,7-8,10H2,1-2H3. The average Bonchev–Trinajstić information content (AvgIpc) is 2.49. The van der Waals surface area contributed by atoms with Crippen LogP contribution in [0.3, 0.4) is 0 Å². The third-order valence-corrected chi connectivity index (χ3v) is 3.79. The summed E-state index contributed by atoms with van der Waals surface area (Å²) in [5.41, 5.74) is 1.62. The van der Waals surface area contributed by atoms with E-state index in [0.717, 1.165) is 12.2 Å². The van der Waals surface area contributed by atoms with E-state index < -0.39 is 0 Å². The minimum Gasteiger partial charge on any atom is -0.308 e. The van der Waals surface area contributed by atoms with Gasteiger partial charge in [-0.15, -0.1) is 0 Å². The van der Waals surface area contributed by atoms with Crippen molar-refractivity contribution in [2.24, 2.45) is 5.41 Å². The monoisotopic (exact) mass is 233 g/mol. The fraction of sp³-hybridized carbons (Fsp3) is 0.714. The fourth-order valence-electron chi connectivity index (χ4n) is 2.54. The van der Waals surface area contributed by atoms with E-state index in [1.54, 1.807) is 12.5 Å². The number of hydrogen-bond acceptors (Lipinski definition) is 3. The second kappa shape index (κ2) is 5.58. The highest BCUT2D eigenvalue weighted by molar-refractivity contribution is 4.97. The molecule has 1 unspecified atom stereocenters. The maximum Gasteiger partial charge on any atom is 0.115 e. The molecule has 0 saturated heterocycles.